The minimum Gasteiger partial charge on any atom is -1.00 e. The van der Waals surface area contributed by atoms with Crippen molar-refractivity contribution in [2.75, 3.05) is 11.9 Å². The van der Waals surface area contributed by atoms with Crippen molar-refractivity contribution in [3.05, 3.63) is 94.0 Å². The molecule has 0 bridgehead atoms. The number of nitrogens with zero attached hydrogens (tertiary/aromatic N) is 2. The third kappa shape index (κ3) is 7.85. The van der Waals surface area contributed by atoms with Gasteiger partial charge in [-0.25, -0.2) is 9.13 Å². The molecule has 0 saturated carbocycles. The first-order chi connectivity index (χ1) is 15.9. The Labute approximate surface area is 226 Å². The van der Waals surface area contributed by atoms with Crippen molar-refractivity contribution in [2.45, 2.75) is 39.0 Å². The van der Waals surface area contributed by atoms with Crippen LogP contribution in [0.15, 0.2) is 73.3 Å². The molecule has 1 heterocycles. The second-order valence-electron chi connectivity index (χ2n) is 7.59. The van der Waals surface area contributed by atoms with Gasteiger partial charge in [-0.15, -0.1) is 0 Å². The Morgan fingerprint density at radius 3 is 2.65 bits per heavy atom. The number of para-hydroxylation sites is 1. The SMILES string of the molecule is CC=CCCOC(C[n+]1ccn(C(C)C(=O)Nc2ccccc2Cl)c1)c1ccc(Cl)cc1Cl.[Br-]. The van der Waals surface area contributed by atoms with Gasteiger partial charge in [-0.1, -0.05) is 65.2 Å². The van der Waals surface area contributed by atoms with E-state index in [0.717, 1.165) is 12.0 Å². The smallest absolute Gasteiger partial charge is 0.269 e. The Morgan fingerprint density at radius 1 is 1.18 bits per heavy atom. The highest BCUT2D eigenvalue weighted by atomic mass is 79.9. The fourth-order valence-corrected chi connectivity index (χ4v) is 4.04. The molecule has 0 spiro atoms. The maximum absolute atomic E-state index is 12.7. The van der Waals surface area contributed by atoms with Crippen LogP contribution in [0, 0.1) is 0 Å². The molecule has 0 aliphatic heterocycles. The van der Waals surface area contributed by atoms with Gasteiger partial charge in [0, 0.05) is 15.6 Å². The molecular weight excluding hydrogens is 561 g/mol. The zero-order valence-electron chi connectivity index (χ0n) is 18.9. The summed E-state index contributed by atoms with van der Waals surface area (Å²) in [6.45, 7) is 4.90. The molecule has 2 unspecified atom stereocenters. The molecule has 3 rings (SSSR count). The van der Waals surface area contributed by atoms with E-state index in [9.17, 15) is 4.79 Å². The molecule has 1 amide bonds. The molecule has 1 aromatic heterocycles. The van der Waals surface area contributed by atoms with Gasteiger partial charge in [-0.2, -0.15) is 0 Å². The van der Waals surface area contributed by atoms with E-state index in [-0.39, 0.29) is 29.0 Å². The quantitative estimate of drug-likeness (QED) is 0.224. The Bertz CT molecular complexity index is 1120. The lowest BCUT2D eigenvalue weighted by Gasteiger charge is -2.18. The van der Waals surface area contributed by atoms with Gasteiger partial charge in [0.2, 0.25) is 6.33 Å². The van der Waals surface area contributed by atoms with Gasteiger partial charge in [-0.05, 0) is 44.5 Å². The molecule has 1 N–H and O–H groups in total. The summed E-state index contributed by atoms with van der Waals surface area (Å²) in [6, 6.07) is 12.1. The van der Waals surface area contributed by atoms with E-state index in [4.69, 9.17) is 39.5 Å². The maximum atomic E-state index is 12.7. The number of imidazole rings is 1. The highest BCUT2D eigenvalue weighted by Gasteiger charge is 2.23. The average molecular weight is 588 g/mol. The largest absolute Gasteiger partial charge is 1.00 e. The summed E-state index contributed by atoms with van der Waals surface area (Å²) in [6.07, 6.45) is 10.2. The zero-order valence-corrected chi connectivity index (χ0v) is 22.8. The van der Waals surface area contributed by atoms with Gasteiger partial charge in [0.15, 0.2) is 6.04 Å². The number of rotatable bonds is 10. The van der Waals surface area contributed by atoms with Crippen LogP contribution in [-0.4, -0.2) is 17.1 Å². The Kier molecular flexibility index (Phi) is 11.6. The van der Waals surface area contributed by atoms with E-state index in [1.807, 2.05) is 72.0 Å². The van der Waals surface area contributed by atoms with Gasteiger partial charge in [0.25, 0.3) is 5.91 Å². The van der Waals surface area contributed by atoms with Crippen molar-refractivity contribution < 1.29 is 31.1 Å². The van der Waals surface area contributed by atoms with E-state index in [0.29, 0.717) is 33.9 Å². The van der Waals surface area contributed by atoms with E-state index in [1.165, 1.54) is 0 Å². The van der Waals surface area contributed by atoms with Crippen LogP contribution < -0.4 is 26.9 Å². The number of ether oxygens (including phenoxy) is 1. The average Bonchev–Trinajstić information content (AvgIpc) is 3.25. The summed E-state index contributed by atoms with van der Waals surface area (Å²) >= 11 is 18.7. The number of benzene rings is 2. The van der Waals surface area contributed by atoms with Crippen molar-refractivity contribution in [2.24, 2.45) is 0 Å². The lowest BCUT2D eigenvalue weighted by Crippen LogP contribution is -3.00. The topological polar surface area (TPSA) is 47.1 Å². The fourth-order valence-electron chi connectivity index (χ4n) is 3.32. The summed E-state index contributed by atoms with van der Waals surface area (Å²) in [7, 11) is 0. The van der Waals surface area contributed by atoms with E-state index in [2.05, 4.69) is 11.4 Å². The third-order valence-corrected chi connectivity index (χ3v) is 6.09. The van der Waals surface area contributed by atoms with Gasteiger partial charge >= 0.3 is 0 Å². The van der Waals surface area contributed by atoms with E-state index in [1.54, 1.807) is 18.2 Å². The Morgan fingerprint density at radius 2 is 1.94 bits per heavy atom. The van der Waals surface area contributed by atoms with Gasteiger partial charge < -0.3 is 27.0 Å². The van der Waals surface area contributed by atoms with Gasteiger partial charge in [0.1, 0.15) is 25.0 Å². The van der Waals surface area contributed by atoms with Crippen molar-refractivity contribution >= 4 is 46.4 Å². The minimum absolute atomic E-state index is 0. The third-order valence-electron chi connectivity index (χ3n) is 5.20. The Balaban J connectivity index is 0.00000408. The van der Waals surface area contributed by atoms with Crippen molar-refractivity contribution in [3.63, 3.8) is 0 Å². The molecule has 182 valence electrons. The number of anilines is 1. The molecule has 2 aromatic carbocycles. The zero-order chi connectivity index (χ0) is 23.8. The van der Waals surface area contributed by atoms with Crippen molar-refractivity contribution in [1.29, 1.82) is 0 Å². The fraction of sp³-hybridized carbons (Fsp3) is 0.280. The lowest BCUT2D eigenvalue weighted by molar-refractivity contribution is -0.704. The Hall–Kier alpha value is -1.83. The molecule has 3 aromatic rings. The number of nitrogens with one attached hydrogen (secondary N) is 1. The van der Waals surface area contributed by atoms with Crippen molar-refractivity contribution in [1.82, 2.24) is 4.57 Å². The van der Waals surface area contributed by atoms with E-state index < -0.39 is 6.04 Å². The molecular formula is C25H27BrCl3N3O2. The summed E-state index contributed by atoms with van der Waals surface area (Å²) in [5, 5.41) is 4.51. The predicted octanol–water partition coefficient (Wildman–Crippen LogP) is 3.66. The summed E-state index contributed by atoms with van der Waals surface area (Å²) in [5.74, 6) is -0.161. The number of allylic oxidation sites excluding steroid dienone is 1. The summed E-state index contributed by atoms with van der Waals surface area (Å²) in [4.78, 5) is 12.7. The van der Waals surface area contributed by atoms with Crippen LogP contribution >= 0.6 is 34.8 Å². The van der Waals surface area contributed by atoms with Gasteiger partial charge in [0.05, 0.1) is 17.3 Å². The first kappa shape index (κ1) is 28.4. The summed E-state index contributed by atoms with van der Waals surface area (Å²) < 4.78 is 9.98. The number of carbonyl (C=O) groups excluding carboxylic acids is 1. The standard InChI is InChI=1S/C25H26Cl3N3O2.BrH/c1-3-4-7-14-33-24(20-11-10-19(26)15-22(20)28)16-30-12-13-31(17-30)18(2)25(32)29-23-9-6-5-8-21(23)27;/h3-6,8-13,15,17-18,24H,7,14,16H2,1-2H3;1H. The number of amides is 1. The number of hydrogen-bond donors (Lipinski definition) is 1. The second-order valence-corrected chi connectivity index (χ2v) is 8.84. The van der Waals surface area contributed by atoms with Crippen LogP contribution in [0.4, 0.5) is 5.69 Å². The highest BCUT2D eigenvalue weighted by molar-refractivity contribution is 6.35. The number of carbonyl (C=O) groups is 1. The number of halogens is 4. The highest BCUT2D eigenvalue weighted by Crippen LogP contribution is 2.29. The van der Waals surface area contributed by atoms with Crippen LogP contribution in [0.2, 0.25) is 15.1 Å². The van der Waals surface area contributed by atoms with Gasteiger partial charge in [-0.3, -0.25) is 4.79 Å². The van der Waals surface area contributed by atoms with Crippen LogP contribution in [0.3, 0.4) is 0 Å². The first-order valence-corrected chi connectivity index (χ1v) is 11.8. The molecule has 0 fully saturated rings. The number of aromatic nitrogens is 2. The lowest BCUT2D eigenvalue weighted by atomic mass is 10.1. The molecule has 0 saturated heterocycles. The normalized spacial score (nSPS) is 12.9. The maximum Gasteiger partial charge on any atom is 0.269 e. The first-order valence-electron chi connectivity index (χ1n) is 10.7. The monoisotopic (exact) mass is 585 g/mol. The molecule has 0 radical (unpaired) electrons. The molecule has 0 aliphatic rings. The molecule has 2 atom stereocenters. The van der Waals surface area contributed by atoms with Crippen LogP contribution in [0.1, 0.15) is 38.0 Å². The second kappa shape index (κ2) is 13.9. The van der Waals surface area contributed by atoms with Crippen LogP contribution in [-0.2, 0) is 16.1 Å². The summed E-state index contributed by atoms with van der Waals surface area (Å²) in [5.41, 5.74) is 1.45. The van der Waals surface area contributed by atoms with Crippen LogP contribution in [0.25, 0.3) is 0 Å². The van der Waals surface area contributed by atoms with Crippen molar-refractivity contribution in [3.8, 4) is 0 Å². The number of hydrogen-bond acceptors (Lipinski definition) is 2. The van der Waals surface area contributed by atoms with Crippen LogP contribution in [0.5, 0.6) is 0 Å². The van der Waals surface area contributed by atoms with E-state index >= 15 is 0 Å². The molecule has 9 heteroatoms. The molecule has 5 nitrogen and oxygen atoms in total. The minimum atomic E-state index is -0.435. The predicted molar refractivity (Wildman–Crippen MR) is 134 cm³/mol. The molecule has 34 heavy (non-hydrogen) atoms. The molecule has 0 aliphatic carbocycles.